The van der Waals surface area contributed by atoms with Gasteiger partial charge in [-0.2, -0.15) is 0 Å². The fourth-order valence-corrected chi connectivity index (χ4v) is 2.41. The second-order valence-electron chi connectivity index (χ2n) is 4.71. The zero-order valence-electron chi connectivity index (χ0n) is 10.5. The van der Waals surface area contributed by atoms with Gasteiger partial charge in [-0.15, -0.1) is 0 Å². The second kappa shape index (κ2) is 6.59. The Balaban J connectivity index is 2.35. The summed E-state index contributed by atoms with van der Waals surface area (Å²) in [7, 11) is 3.30. The van der Waals surface area contributed by atoms with Crippen LogP contribution in [0.3, 0.4) is 0 Å². The zero-order valence-corrected chi connectivity index (χ0v) is 10.5. The molecule has 0 aromatic heterocycles. The van der Waals surface area contributed by atoms with Crippen molar-refractivity contribution >= 4 is 11.9 Å². The van der Waals surface area contributed by atoms with Crippen molar-refractivity contribution < 1.29 is 19.4 Å². The summed E-state index contributed by atoms with van der Waals surface area (Å²) < 4.78 is 4.82. The van der Waals surface area contributed by atoms with E-state index >= 15 is 0 Å². The average molecular weight is 243 g/mol. The first kappa shape index (κ1) is 14.0. The summed E-state index contributed by atoms with van der Waals surface area (Å²) in [6.07, 6.45) is 3.82. The van der Waals surface area contributed by atoms with Crippen molar-refractivity contribution in [3.05, 3.63) is 0 Å². The number of carboxylic acids is 1. The van der Waals surface area contributed by atoms with E-state index in [0.29, 0.717) is 0 Å². The highest BCUT2D eigenvalue weighted by atomic mass is 16.5. The van der Waals surface area contributed by atoms with Crippen LogP contribution in [0.1, 0.15) is 32.1 Å². The molecular weight excluding hydrogens is 222 g/mol. The number of hydrogen-bond donors (Lipinski definition) is 1. The van der Waals surface area contributed by atoms with Gasteiger partial charge >= 0.3 is 5.97 Å². The largest absolute Gasteiger partial charge is 0.481 e. The second-order valence-corrected chi connectivity index (χ2v) is 4.71. The molecule has 17 heavy (non-hydrogen) atoms. The molecule has 5 nitrogen and oxygen atoms in total. The van der Waals surface area contributed by atoms with Crippen molar-refractivity contribution in [2.45, 2.75) is 38.1 Å². The molecule has 1 amide bonds. The van der Waals surface area contributed by atoms with E-state index in [1.165, 1.54) is 7.11 Å². The third-order valence-corrected chi connectivity index (χ3v) is 3.49. The number of rotatable bonds is 5. The number of amides is 1. The predicted octanol–water partition coefficient (Wildman–Crippen LogP) is 1.12. The molecule has 0 heterocycles. The molecule has 0 unspecified atom stereocenters. The van der Waals surface area contributed by atoms with Crippen LogP contribution in [-0.2, 0) is 14.3 Å². The van der Waals surface area contributed by atoms with E-state index < -0.39 is 5.97 Å². The zero-order chi connectivity index (χ0) is 12.8. The third-order valence-electron chi connectivity index (χ3n) is 3.49. The van der Waals surface area contributed by atoms with Crippen LogP contribution in [0.4, 0.5) is 0 Å². The van der Waals surface area contributed by atoms with E-state index in [1.807, 2.05) is 0 Å². The fourth-order valence-electron chi connectivity index (χ4n) is 2.41. The Bertz CT molecular complexity index is 272. The molecule has 0 spiro atoms. The van der Waals surface area contributed by atoms with Gasteiger partial charge in [0.05, 0.1) is 0 Å². The number of nitrogens with zero attached hydrogens (tertiary/aromatic N) is 1. The number of carboxylic acid groups (broad SMARTS) is 1. The maximum atomic E-state index is 11.6. The molecule has 1 rings (SSSR count). The van der Waals surface area contributed by atoms with Crippen molar-refractivity contribution in [3.63, 3.8) is 0 Å². The summed E-state index contributed by atoms with van der Waals surface area (Å²) in [6, 6.07) is 0.239. The van der Waals surface area contributed by atoms with Crippen molar-refractivity contribution in [2.75, 3.05) is 20.8 Å². The molecule has 1 fully saturated rings. The maximum Gasteiger partial charge on any atom is 0.303 e. The number of carbonyl (C=O) groups is 2. The van der Waals surface area contributed by atoms with E-state index in [4.69, 9.17) is 9.84 Å². The van der Waals surface area contributed by atoms with E-state index in [1.54, 1.807) is 11.9 Å². The minimum absolute atomic E-state index is 0.00538. The summed E-state index contributed by atoms with van der Waals surface area (Å²) >= 11 is 0. The molecule has 0 aromatic rings. The average Bonchev–Trinajstić information content (AvgIpc) is 2.28. The molecule has 98 valence electrons. The summed E-state index contributed by atoms with van der Waals surface area (Å²) in [5, 5.41) is 8.72. The lowest BCUT2D eigenvalue weighted by Gasteiger charge is -2.34. The molecule has 0 aliphatic heterocycles. The highest BCUT2D eigenvalue weighted by Crippen LogP contribution is 2.29. The smallest absolute Gasteiger partial charge is 0.303 e. The van der Waals surface area contributed by atoms with Crippen LogP contribution >= 0.6 is 0 Å². The molecule has 0 saturated heterocycles. The highest BCUT2D eigenvalue weighted by Gasteiger charge is 2.27. The van der Waals surface area contributed by atoms with Gasteiger partial charge in [0.2, 0.25) is 5.91 Å². The van der Waals surface area contributed by atoms with Crippen molar-refractivity contribution in [1.29, 1.82) is 0 Å². The Morgan fingerprint density at radius 1 is 1.29 bits per heavy atom. The lowest BCUT2D eigenvalue weighted by atomic mass is 9.83. The van der Waals surface area contributed by atoms with Crippen LogP contribution in [0.5, 0.6) is 0 Å². The SMILES string of the molecule is COCC(=O)N(C)C1CCC(CC(=O)O)CC1. The molecule has 1 aliphatic rings. The lowest BCUT2D eigenvalue weighted by Crippen LogP contribution is -2.41. The lowest BCUT2D eigenvalue weighted by molar-refractivity contribution is -0.140. The topological polar surface area (TPSA) is 66.8 Å². The predicted molar refractivity (Wildman–Crippen MR) is 62.6 cm³/mol. The standard InChI is InChI=1S/C12H21NO4/c1-13(11(14)8-17-2)10-5-3-9(4-6-10)7-12(15)16/h9-10H,3-8H2,1-2H3,(H,15,16). The Hall–Kier alpha value is -1.10. The number of likely N-dealkylation sites (N-methyl/N-ethyl adjacent to an activating group) is 1. The number of hydrogen-bond acceptors (Lipinski definition) is 3. The normalized spacial score (nSPS) is 24.4. The van der Waals surface area contributed by atoms with Gasteiger partial charge in [0.1, 0.15) is 6.61 Å². The first-order valence-corrected chi connectivity index (χ1v) is 6.01. The summed E-state index contributed by atoms with van der Waals surface area (Å²) in [5.74, 6) is -0.457. The maximum absolute atomic E-state index is 11.6. The number of aliphatic carboxylic acids is 1. The van der Waals surface area contributed by atoms with Gasteiger partial charge in [-0.05, 0) is 31.6 Å². The van der Waals surface area contributed by atoms with Crippen molar-refractivity contribution in [3.8, 4) is 0 Å². The van der Waals surface area contributed by atoms with E-state index in [9.17, 15) is 9.59 Å². The van der Waals surface area contributed by atoms with Gasteiger partial charge in [0, 0.05) is 26.6 Å². The number of carbonyl (C=O) groups excluding carboxylic acids is 1. The molecule has 5 heteroatoms. The minimum Gasteiger partial charge on any atom is -0.481 e. The fraction of sp³-hybridized carbons (Fsp3) is 0.833. The van der Waals surface area contributed by atoms with Crippen molar-refractivity contribution in [1.82, 2.24) is 4.90 Å². The van der Waals surface area contributed by atoms with E-state index in [-0.39, 0.29) is 30.9 Å². The Morgan fingerprint density at radius 2 is 1.88 bits per heavy atom. The molecule has 1 aliphatic carbocycles. The van der Waals surface area contributed by atoms with Crippen molar-refractivity contribution in [2.24, 2.45) is 5.92 Å². The minimum atomic E-state index is -0.725. The monoisotopic (exact) mass is 243 g/mol. The first-order chi connectivity index (χ1) is 8.04. The van der Waals surface area contributed by atoms with Crippen LogP contribution in [-0.4, -0.2) is 48.7 Å². The van der Waals surface area contributed by atoms with Gasteiger partial charge in [-0.25, -0.2) is 0 Å². The first-order valence-electron chi connectivity index (χ1n) is 6.01. The number of ether oxygens (including phenoxy) is 1. The molecule has 0 radical (unpaired) electrons. The van der Waals surface area contributed by atoms with Crippen LogP contribution < -0.4 is 0 Å². The van der Waals surface area contributed by atoms with Crippen LogP contribution in [0.25, 0.3) is 0 Å². The Labute approximate surface area is 102 Å². The van der Waals surface area contributed by atoms with Gasteiger partial charge in [0.25, 0.3) is 0 Å². The van der Waals surface area contributed by atoms with Gasteiger partial charge in [-0.1, -0.05) is 0 Å². The van der Waals surface area contributed by atoms with Gasteiger partial charge in [0.15, 0.2) is 0 Å². The van der Waals surface area contributed by atoms with Crippen LogP contribution in [0, 0.1) is 5.92 Å². The molecule has 0 aromatic carbocycles. The van der Waals surface area contributed by atoms with E-state index in [0.717, 1.165) is 25.7 Å². The molecule has 1 saturated carbocycles. The van der Waals surface area contributed by atoms with Gasteiger partial charge < -0.3 is 14.7 Å². The summed E-state index contributed by atoms with van der Waals surface area (Å²) in [6.45, 7) is 0.117. The molecule has 1 N–H and O–H groups in total. The third kappa shape index (κ3) is 4.34. The molecule has 0 atom stereocenters. The summed E-state index contributed by atoms with van der Waals surface area (Å²) in [4.78, 5) is 23.9. The Kier molecular flexibility index (Phi) is 5.41. The van der Waals surface area contributed by atoms with Crippen LogP contribution in [0.15, 0.2) is 0 Å². The highest BCUT2D eigenvalue weighted by molar-refractivity contribution is 5.77. The van der Waals surface area contributed by atoms with Gasteiger partial charge in [-0.3, -0.25) is 9.59 Å². The Morgan fingerprint density at radius 3 is 2.35 bits per heavy atom. The quantitative estimate of drug-likeness (QED) is 0.786. The number of methoxy groups -OCH3 is 1. The molecule has 0 bridgehead atoms. The van der Waals surface area contributed by atoms with E-state index in [2.05, 4.69) is 0 Å². The molecular formula is C12H21NO4. The van der Waals surface area contributed by atoms with Crippen LogP contribution in [0.2, 0.25) is 0 Å². The summed E-state index contributed by atoms with van der Waals surface area (Å²) in [5.41, 5.74) is 0.